The van der Waals surface area contributed by atoms with E-state index in [9.17, 15) is 18.0 Å². The van der Waals surface area contributed by atoms with Gasteiger partial charge in [0, 0.05) is 10.6 Å². The van der Waals surface area contributed by atoms with Crippen molar-refractivity contribution in [2.45, 2.75) is 12.7 Å². The van der Waals surface area contributed by atoms with Crippen molar-refractivity contribution in [3.63, 3.8) is 0 Å². The molecular weight excluding hydrogens is 402 g/mol. The van der Waals surface area contributed by atoms with Crippen molar-refractivity contribution in [3.8, 4) is 11.3 Å². The third-order valence-corrected chi connectivity index (χ3v) is 4.31. The van der Waals surface area contributed by atoms with Crippen molar-refractivity contribution in [3.05, 3.63) is 81.5 Å². The number of carbonyl (C=O) groups excluding carboxylic acids is 1. The highest BCUT2D eigenvalue weighted by molar-refractivity contribution is 6.36. The van der Waals surface area contributed by atoms with Gasteiger partial charge in [0.05, 0.1) is 22.7 Å². The van der Waals surface area contributed by atoms with Crippen LogP contribution in [0, 0.1) is 0 Å². The molecule has 140 valence electrons. The molecule has 1 aromatic heterocycles. The van der Waals surface area contributed by atoms with Crippen LogP contribution in [0.3, 0.4) is 0 Å². The smallest absolute Gasteiger partial charge is 0.417 e. The zero-order chi connectivity index (χ0) is 19.6. The number of rotatable bonds is 4. The van der Waals surface area contributed by atoms with Crippen molar-refractivity contribution in [1.82, 2.24) is 5.32 Å². The van der Waals surface area contributed by atoms with Gasteiger partial charge in [-0.2, -0.15) is 13.2 Å². The van der Waals surface area contributed by atoms with Crippen LogP contribution in [0.1, 0.15) is 21.7 Å². The van der Waals surface area contributed by atoms with Gasteiger partial charge in [0.1, 0.15) is 11.5 Å². The topological polar surface area (TPSA) is 42.2 Å². The standard InChI is InChI=1S/C19H12Cl2F3NO2/c20-11-5-7-14(16(21)9-11)18(26)25-10-12-6-8-17(27-12)13-3-1-2-4-15(13)19(22,23)24/h1-9H,10H2,(H,25,26). The molecule has 0 atom stereocenters. The lowest BCUT2D eigenvalue weighted by Gasteiger charge is -2.10. The molecule has 8 heteroatoms. The average molecular weight is 414 g/mol. The Kier molecular flexibility index (Phi) is 5.48. The van der Waals surface area contributed by atoms with E-state index in [0.29, 0.717) is 10.8 Å². The maximum Gasteiger partial charge on any atom is 0.417 e. The number of furan rings is 1. The molecule has 0 spiro atoms. The molecule has 3 aromatic rings. The van der Waals surface area contributed by atoms with E-state index in [2.05, 4.69) is 5.32 Å². The molecule has 0 saturated heterocycles. The van der Waals surface area contributed by atoms with Crippen LogP contribution in [0.2, 0.25) is 10.0 Å². The molecule has 27 heavy (non-hydrogen) atoms. The molecule has 0 fully saturated rings. The molecule has 0 aliphatic heterocycles. The third kappa shape index (κ3) is 4.46. The van der Waals surface area contributed by atoms with Crippen LogP contribution < -0.4 is 5.32 Å². The third-order valence-electron chi connectivity index (χ3n) is 3.76. The van der Waals surface area contributed by atoms with E-state index in [4.69, 9.17) is 27.6 Å². The molecule has 3 rings (SSSR count). The maximum atomic E-state index is 13.1. The Bertz CT molecular complexity index is 983. The summed E-state index contributed by atoms with van der Waals surface area (Å²) in [5.41, 5.74) is -0.624. The monoisotopic (exact) mass is 413 g/mol. The van der Waals surface area contributed by atoms with Gasteiger partial charge in [-0.15, -0.1) is 0 Å². The van der Waals surface area contributed by atoms with Crippen molar-refractivity contribution in [2.24, 2.45) is 0 Å². The second kappa shape index (κ2) is 7.66. The highest BCUT2D eigenvalue weighted by atomic mass is 35.5. The summed E-state index contributed by atoms with van der Waals surface area (Å²) in [6.07, 6.45) is -4.50. The van der Waals surface area contributed by atoms with Crippen LogP contribution in [0.5, 0.6) is 0 Å². The molecule has 1 heterocycles. The van der Waals surface area contributed by atoms with E-state index < -0.39 is 17.6 Å². The Hall–Kier alpha value is -2.44. The largest absolute Gasteiger partial charge is 0.459 e. The predicted molar refractivity (Wildman–Crippen MR) is 96.8 cm³/mol. The van der Waals surface area contributed by atoms with Gasteiger partial charge in [-0.25, -0.2) is 0 Å². The number of amides is 1. The molecule has 2 aromatic carbocycles. The van der Waals surface area contributed by atoms with E-state index in [1.54, 1.807) is 0 Å². The van der Waals surface area contributed by atoms with E-state index in [1.165, 1.54) is 48.5 Å². The van der Waals surface area contributed by atoms with Crippen LogP contribution in [-0.2, 0) is 12.7 Å². The van der Waals surface area contributed by atoms with Crippen LogP contribution >= 0.6 is 23.2 Å². The summed E-state index contributed by atoms with van der Waals surface area (Å²) in [4.78, 5) is 12.2. The lowest BCUT2D eigenvalue weighted by Crippen LogP contribution is -2.22. The summed E-state index contributed by atoms with van der Waals surface area (Å²) in [6, 6.07) is 12.5. The molecule has 3 nitrogen and oxygen atoms in total. The molecule has 1 amide bonds. The first-order valence-electron chi connectivity index (χ1n) is 7.74. The minimum absolute atomic E-state index is 0.00796. The quantitative estimate of drug-likeness (QED) is 0.552. The molecule has 0 bridgehead atoms. The summed E-state index contributed by atoms with van der Waals surface area (Å²) in [5.74, 6) is -0.0811. The van der Waals surface area contributed by atoms with E-state index in [1.807, 2.05) is 0 Å². The van der Waals surface area contributed by atoms with Crippen molar-refractivity contribution < 1.29 is 22.4 Å². The second-order valence-corrected chi connectivity index (χ2v) is 6.46. The zero-order valence-corrected chi connectivity index (χ0v) is 15.1. The highest BCUT2D eigenvalue weighted by Gasteiger charge is 2.34. The fourth-order valence-electron chi connectivity index (χ4n) is 2.50. The minimum Gasteiger partial charge on any atom is -0.459 e. The fourth-order valence-corrected chi connectivity index (χ4v) is 2.99. The first kappa shape index (κ1) is 19.3. The number of hydrogen-bond acceptors (Lipinski definition) is 2. The Labute approximate surface area is 162 Å². The number of benzene rings is 2. The van der Waals surface area contributed by atoms with Gasteiger partial charge in [-0.3, -0.25) is 4.79 Å². The molecule has 0 saturated carbocycles. The Morgan fingerprint density at radius 1 is 1.04 bits per heavy atom. The SMILES string of the molecule is O=C(NCc1ccc(-c2ccccc2C(F)(F)F)o1)c1ccc(Cl)cc1Cl. The highest BCUT2D eigenvalue weighted by Crippen LogP contribution is 2.37. The lowest BCUT2D eigenvalue weighted by atomic mass is 10.1. The molecular formula is C19H12Cl2F3NO2. The lowest BCUT2D eigenvalue weighted by molar-refractivity contribution is -0.137. The summed E-state index contributed by atoms with van der Waals surface area (Å²) >= 11 is 11.8. The van der Waals surface area contributed by atoms with E-state index >= 15 is 0 Å². The molecule has 0 radical (unpaired) electrons. The Balaban J connectivity index is 1.75. The van der Waals surface area contributed by atoms with Crippen molar-refractivity contribution in [1.29, 1.82) is 0 Å². The summed E-state index contributed by atoms with van der Waals surface area (Å²) in [6.45, 7) is -0.00796. The summed E-state index contributed by atoms with van der Waals surface area (Å²) < 4.78 is 44.9. The van der Waals surface area contributed by atoms with Gasteiger partial charge in [0.2, 0.25) is 0 Å². The minimum atomic E-state index is -4.50. The molecule has 0 aliphatic carbocycles. The van der Waals surface area contributed by atoms with E-state index in [-0.39, 0.29) is 28.5 Å². The number of halogens is 5. The fraction of sp³-hybridized carbons (Fsp3) is 0.105. The number of alkyl halides is 3. The predicted octanol–water partition coefficient (Wildman–Crippen LogP) is 6.20. The van der Waals surface area contributed by atoms with Gasteiger partial charge in [-0.05, 0) is 36.4 Å². The Morgan fingerprint density at radius 2 is 1.78 bits per heavy atom. The average Bonchev–Trinajstić information content (AvgIpc) is 3.08. The van der Waals surface area contributed by atoms with Crippen LogP contribution in [-0.4, -0.2) is 5.91 Å². The van der Waals surface area contributed by atoms with Crippen molar-refractivity contribution >= 4 is 29.1 Å². The second-order valence-electron chi connectivity index (χ2n) is 5.62. The number of hydrogen-bond donors (Lipinski definition) is 1. The Morgan fingerprint density at radius 3 is 2.48 bits per heavy atom. The van der Waals surface area contributed by atoms with Crippen LogP contribution in [0.15, 0.2) is 59.0 Å². The van der Waals surface area contributed by atoms with E-state index in [0.717, 1.165) is 6.07 Å². The van der Waals surface area contributed by atoms with Gasteiger partial charge in [-0.1, -0.05) is 41.4 Å². The zero-order valence-electron chi connectivity index (χ0n) is 13.6. The van der Waals surface area contributed by atoms with Gasteiger partial charge in [0.15, 0.2) is 0 Å². The first-order valence-corrected chi connectivity index (χ1v) is 8.50. The molecule has 1 N–H and O–H groups in total. The summed E-state index contributed by atoms with van der Waals surface area (Å²) in [5, 5.41) is 3.20. The number of carbonyl (C=O) groups is 1. The normalized spacial score (nSPS) is 11.4. The molecule has 0 unspecified atom stereocenters. The van der Waals surface area contributed by atoms with Crippen LogP contribution in [0.4, 0.5) is 13.2 Å². The maximum absolute atomic E-state index is 13.1. The van der Waals surface area contributed by atoms with Gasteiger partial charge in [0.25, 0.3) is 5.91 Å². The van der Waals surface area contributed by atoms with Crippen LogP contribution in [0.25, 0.3) is 11.3 Å². The molecule has 0 aliphatic rings. The van der Waals surface area contributed by atoms with Gasteiger partial charge < -0.3 is 9.73 Å². The number of nitrogens with one attached hydrogen (secondary N) is 1. The first-order chi connectivity index (χ1) is 12.8. The van der Waals surface area contributed by atoms with Gasteiger partial charge >= 0.3 is 6.18 Å². The van der Waals surface area contributed by atoms with Crippen molar-refractivity contribution in [2.75, 3.05) is 0 Å². The summed E-state index contributed by atoms with van der Waals surface area (Å²) in [7, 11) is 0.